The van der Waals surface area contributed by atoms with Gasteiger partial charge in [-0.05, 0) is 0 Å². The van der Waals surface area contributed by atoms with Crippen LogP contribution in [0, 0.1) is 0 Å². The fourth-order valence-electron chi connectivity index (χ4n) is 0.329. The van der Waals surface area contributed by atoms with Gasteiger partial charge < -0.3 is 0 Å². The Balaban J connectivity index is 2.39. The van der Waals surface area contributed by atoms with Crippen molar-refractivity contribution in [2.24, 2.45) is 0 Å². The second kappa shape index (κ2) is 3.51. The molecule has 0 saturated heterocycles. The molecule has 1 heterocycles. The van der Waals surface area contributed by atoms with Crippen LogP contribution in [0.25, 0.3) is 0 Å². The second-order valence-electron chi connectivity index (χ2n) is 1.14. The molecule has 1 aliphatic heterocycles. The molecule has 0 aliphatic carbocycles. The average molecular weight is 224 g/mol. The molecule has 0 fully saturated rings. The van der Waals surface area contributed by atoms with E-state index in [0.29, 0.717) is 0 Å². The Hall–Kier alpha value is 0.519. The van der Waals surface area contributed by atoms with E-state index in [9.17, 15) is 0 Å². The van der Waals surface area contributed by atoms with Gasteiger partial charge in [0, 0.05) is 0 Å². The SMILES string of the molecule is C1=CC[Se][Se]C=C1. The van der Waals surface area contributed by atoms with Crippen molar-refractivity contribution in [2.75, 3.05) is 0 Å². The van der Waals surface area contributed by atoms with Crippen LogP contribution >= 0.6 is 0 Å². The molecule has 0 nitrogen and oxygen atoms in total. The molecule has 0 radical (unpaired) electrons. The Labute approximate surface area is 54.9 Å². The summed E-state index contributed by atoms with van der Waals surface area (Å²) in [6, 6.07) is 0. The molecule has 0 saturated carbocycles. The molecule has 1 rings (SSSR count). The van der Waals surface area contributed by atoms with E-state index in [0.717, 1.165) is 26.3 Å². The van der Waals surface area contributed by atoms with Crippen LogP contribution in [0.4, 0.5) is 0 Å². The molecule has 0 aromatic carbocycles. The van der Waals surface area contributed by atoms with Gasteiger partial charge in [-0.25, -0.2) is 0 Å². The van der Waals surface area contributed by atoms with E-state index in [4.69, 9.17) is 0 Å². The summed E-state index contributed by atoms with van der Waals surface area (Å²) >= 11 is 1.78. The fourth-order valence-corrected chi connectivity index (χ4v) is 4.65. The molecule has 0 bridgehead atoms. The van der Waals surface area contributed by atoms with Crippen molar-refractivity contribution in [2.45, 2.75) is 5.32 Å². The van der Waals surface area contributed by atoms with Crippen molar-refractivity contribution in [3.8, 4) is 0 Å². The Bertz CT molecular complexity index is 82.3. The fraction of sp³-hybridized carbons (Fsp3) is 0.200. The zero-order valence-corrected chi connectivity index (χ0v) is 7.26. The molecule has 0 amide bonds. The molecule has 0 aromatic heterocycles. The molecule has 1 aliphatic rings. The van der Waals surface area contributed by atoms with E-state index < -0.39 is 0 Å². The summed E-state index contributed by atoms with van der Waals surface area (Å²) in [6.07, 6.45) is 6.57. The summed E-state index contributed by atoms with van der Waals surface area (Å²) in [4.78, 5) is 2.30. The van der Waals surface area contributed by atoms with Gasteiger partial charge in [0.2, 0.25) is 0 Å². The molecule has 2 heteroatoms. The van der Waals surface area contributed by atoms with Gasteiger partial charge in [0.15, 0.2) is 0 Å². The van der Waals surface area contributed by atoms with Crippen molar-refractivity contribution in [1.29, 1.82) is 0 Å². The van der Waals surface area contributed by atoms with Crippen molar-refractivity contribution < 1.29 is 0 Å². The first-order valence-corrected chi connectivity index (χ1v) is 8.63. The molecular formula is C5H6Se2. The van der Waals surface area contributed by atoms with Gasteiger partial charge in [-0.2, -0.15) is 0 Å². The minimum atomic E-state index is 0.858. The first-order chi connectivity index (χ1) is 3.50. The molecular weight excluding hydrogens is 218 g/mol. The van der Waals surface area contributed by atoms with Gasteiger partial charge >= 0.3 is 54.8 Å². The van der Waals surface area contributed by atoms with Crippen LogP contribution in [-0.4, -0.2) is 26.3 Å². The Morgan fingerprint density at radius 1 is 1.29 bits per heavy atom. The van der Waals surface area contributed by atoms with Crippen molar-refractivity contribution >= 4 is 26.3 Å². The third-order valence-electron chi connectivity index (χ3n) is 0.614. The molecule has 0 atom stereocenters. The summed E-state index contributed by atoms with van der Waals surface area (Å²) in [5, 5.41) is 1.35. The number of hydrogen-bond donors (Lipinski definition) is 0. The van der Waals surface area contributed by atoms with E-state index in [1.807, 2.05) is 0 Å². The van der Waals surface area contributed by atoms with Crippen LogP contribution in [0.5, 0.6) is 0 Å². The molecule has 0 N–H and O–H groups in total. The molecule has 0 spiro atoms. The maximum absolute atomic E-state index is 2.30. The van der Waals surface area contributed by atoms with Crippen molar-refractivity contribution in [3.63, 3.8) is 0 Å². The van der Waals surface area contributed by atoms with Crippen LogP contribution in [0.3, 0.4) is 0 Å². The predicted molar refractivity (Wildman–Crippen MR) is 34.6 cm³/mol. The monoisotopic (exact) mass is 226 g/mol. The quantitative estimate of drug-likeness (QED) is 0.534. The van der Waals surface area contributed by atoms with E-state index in [2.05, 4.69) is 23.2 Å². The normalized spacial score (nSPS) is 19.4. The van der Waals surface area contributed by atoms with Crippen LogP contribution in [-0.2, 0) is 0 Å². The van der Waals surface area contributed by atoms with Gasteiger partial charge in [0.25, 0.3) is 0 Å². The maximum atomic E-state index is 2.30. The van der Waals surface area contributed by atoms with Gasteiger partial charge in [-0.15, -0.1) is 0 Å². The molecule has 38 valence electrons. The minimum absolute atomic E-state index is 0.858. The number of rotatable bonds is 0. The zero-order chi connectivity index (χ0) is 4.95. The standard InChI is InChI=1S/C5H6Se2/c1-2-4-6-7-5-3-1/h1-4H,5H2. The molecule has 0 aromatic rings. The summed E-state index contributed by atoms with van der Waals surface area (Å²) in [7, 11) is 0. The van der Waals surface area contributed by atoms with Crippen LogP contribution in [0.1, 0.15) is 0 Å². The summed E-state index contributed by atoms with van der Waals surface area (Å²) < 4.78 is 0. The zero-order valence-electron chi connectivity index (χ0n) is 3.83. The van der Waals surface area contributed by atoms with Gasteiger partial charge in [0.05, 0.1) is 0 Å². The van der Waals surface area contributed by atoms with Crippen molar-refractivity contribution in [1.82, 2.24) is 0 Å². The van der Waals surface area contributed by atoms with E-state index in [1.54, 1.807) is 0 Å². The Morgan fingerprint density at radius 2 is 2.29 bits per heavy atom. The summed E-state index contributed by atoms with van der Waals surface area (Å²) in [5.74, 6) is 0. The first-order valence-electron chi connectivity index (χ1n) is 2.10. The number of allylic oxidation sites excluding steroid dienone is 3. The summed E-state index contributed by atoms with van der Waals surface area (Å²) in [6.45, 7) is 0. The van der Waals surface area contributed by atoms with Crippen LogP contribution < -0.4 is 0 Å². The molecule has 0 unspecified atom stereocenters. The predicted octanol–water partition coefficient (Wildman–Crippen LogP) is 0.812. The van der Waals surface area contributed by atoms with Crippen LogP contribution in [0.15, 0.2) is 23.2 Å². The molecule has 7 heavy (non-hydrogen) atoms. The third kappa shape index (κ3) is 2.35. The van der Waals surface area contributed by atoms with E-state index in [1.165, 1.54) is 5.32 Å². The third-order valence-corrected chi connectivity index (χ3v) is 6.33. The summed E-state index contributed by atoms with van der Waals surface area (Å²) in [5.41, 5.74) is 0. The Kier molecular flexibility index (Phi) is 2.84. The van der Waals surface area contributed by atoms with Crippen molar-refractivity contribution in [3.05, 3.63) is 23.2 Å². The van der Waals surface area contributed by atoms with E-state index in [-0.39, 0.29) is 0 Å². The van der Waals surface area contributed by atoms with Gasteiger partial charge in [-0.3, -0.25) is 0 Å². The first kappa shape index (κ1) is 5.65. The number of hydrogen-bond acceptors (Lipinski definition) is 0. The second-order valence-corrected chi connectivity index (χ2v) is 7.97. The average Bonchev–Trinajstić information content (AvgIpc) is 1.90. The van der Waals surface area contributed by atoms with Gasteiger partial charge in [-0.1, -0.05) is 0 Å². The Morgan fingerprint density at radius 3 is 3.29 bits per heavy atom. The topological polar surface area (TPSA) is 0 Å². The van der Waals surface area contributed by atoms with Gasteiger partial charge in [0.1, 0.15) is 0 Å². The van der Waals surface area contributed by atoms with E-state index >= 15 is 0 Å². The van der Waals surface area contributed by atoms with Crippen LogP contribution in [0.2, 0.25) is 5.32 Å².